The molecule has 0 aromatic heterocycles. The number of anilines is 4. The first kappa shape index (κ1) is 40.6. The molecule has 6 aliphatic rings. The smallest absolute Gasteiger partial charge is 0.178 e. The van der Waals surface area contributed by atoms with Crippen LogP contribution in [0.15, 0.2) is 133 Å². The van der Waals surface area contributed by atoms with Gasteiger partial charge in [-0.1, -0.05) is 74.5 Å². The van der Waals surface area contributed by atoms with Crippen LogP contribution < -0.4 is 29.1 Å². The first-order chi connectivity index (χ1) is 31.6. The van der Waals surface area contributed by atoms with Crippen molar-refractivity contribution in [1.29, 1.82) is 0 Å². The van der Waals surface area contributed by atoms with Crippen molar-refractivity contribution in [3.63, 3.8) is 0 Å². The van der Waals surface area contributed by atoms with Crippen LogP contribution in [0.5, 0.6) is 11.5 Å². The summed E-state index contributed by atoms with van der Waals surface area (Å²) < 4.78 is 14.8. The maximum Gasteiger partial charge on any atom is 0.178 e. The molecule has 0 aliphatic carbocycles. The maximum absolute atomic E-state index is 7.42. The van der Waals surface area contributed by atoms with E-state index in [1.807, 2.05) is 13.8 Å². The highest BCUT2D eigenvalue weighted by atomic mass is 16.5. The summed E-state index contributed by atoms with van der Waals surface area (Å²) in [6, 6.07) is 45.4. The summed E-state index contributed by atoms with van der Waals surface area (Å²) in [6.07, 6.45) is 19.3. The predicted molar refractivity (Wildman–Crippen MR) is 268 cm³/mol. The molecule has 0 N–H and O–H groups in total. The third-order valence-corrected chi connectivity index (χ3v) is 14.8. The van der Waals surface area contributed by atoms with Gasteiger partial charge in [-0.3, -0.25) is 0 Å². The fourth-order valence-electron chi connectivity index (χ4n) is 11.3. The lowest BCUT2D eigenvalue weighted by Crippen LogP contribution is -2.35. The Labute approximate surface area is 380 Å². The monoisotopic (exact) mass is 846 g/mol. The molecule has 6 aromatic rings. The number of rotatable bonds is 8. The minimum atomic E-state index is -0.785. The van der Waals surface area contributed by atoms with E-state index in [4.69, 9.17) is 9.47 Å². The van der Waals surface area contributed by atoms with Gasteiger partial charge in [-0.05, 0) is 142 Å². The number of hydrogen-bond donors (Lipinski definition) is 0. The SMILES string of the molecule is C1=CC(c2ccc(N3CCCC3)cc2)(c2ccc(N3CCCC3)cc2)Oc2ccc3ccc4c(c3c21)C=CC(c1ccc(N2CCCC2)cc1)(c1ccc(N2CCCC2)cc1)O4.CC. The minimum absolute atomic E-state index is 0.785. The van der Waals surface area contributed by atoms with E-state index in [0.717, 1.165) is 103 Å². The normalized spacial score (nSPS) is 19.3. The number of nitrogens with zero attached hydrogens (tertiary/aromatic N) is 4. The van der Waals surface area contributed by atoms with Crippen molar-refractivity contribution >= 4 is 45.7 Å². The molecule has 0 amide bonds. The zero-order valence-corrected chi connectivity index (χ0v) is 37.8. The van der Waals surface area contributed by atoms with Gasteiger partial charge in [0.15, 0.2) is 11.2 Å². The van der Waals surface area contributed by atoms with Crippen LogP contribution in [0.3, 0.4) is 0 Å². The molecule has 6 heteroatoms. The molecule has 6 aromatic carbocycles. The molecular weight excluding hydrogens is 785 g/mol. The van der Waals surface area contributed by atoms with Gasteiger partial charge in [-0.15, -0.1) is 0 Å². The highest BCUT2D eigenvalue weighted by Crippen LogP contribution is 2.50. The third-order valence-electron chi connectivity index (χ3n) is 14.8. The molecule has 6 nitrogen and oxygen atoms in total. The fraction of sp³-hybridized carbons (Fsp3) is 0.345. The van der Waals surface area contributed by atoms with Gasteiger partial charge in [0, 0.05) is 114 Å². The van der Waals surface area contributed by atoms with Gasteiger partial charge in [0.05, 0.1) is 0 Å². The average molecular weight is 847 g/mol. The maximum atomic E-state index is 7.42. The Hall–Kier alpha value is -6.14. The number of hydrogen-bond acceptors (Lipinski definition) is 6. The highest BCUT2D eigenvalue weighted by Gasteiger charge is 2.40. The molecular formula is C58H62N4O2. The topological polar surface area (TPSA) is 31.4 Å². The standard InChI is InChI=1S/C56H56N4O2.C2H6/c1-2-34-57(33-1)46-19-11-42(12-20-46)55(43-13-21-47(22-14-43)58-35-3-4-36-58)31-29-50-52(61-55)27-9-41-10-28-53-51(54(41)50)30-32-56(62-53,44-15-23-48(24-16-44)59-37-5-6-38-59)45-17-25-49(26-18-45)60-39-7-8-40-60;1-2/h9-32H,1-8,33-40H2;1-2H3. The molecule has 0 bridgehead atoms. The second-order valence-corrected chi connectivity index (χ2v) is 18.4. The van der Waals surface area contributed by atoms with Crippen LogP contribution in [-0.4, -0.2) is 52.4 Å². The summed E-state index contributed by atoms with van der Waals surface area (Å²) in [6.45, 7) is 13.0. The fourth-order valence-corrected chi connectivity index (χ4v) is 11.3. The summed E-state index contributed by atoms with van der Waals surface area (Å²) in [7, 11) is 0. The molecule has 0 radical (unpaired) electrons. The van der Waals surface area contributed by atoms with E-state index >= 15 is 0 Å². The predicted octanol–water partition coefficient (Wildman–Crippen LogP) is 13.0. The van der Waals surface area contributed by atoms with Crippen molar-refractivity contribution in [2.45, 2.75) is 76.4 Å². The van der Waals surface area contributed by atoms with Crippen molar-refractivity contribution in [3.05, 3.63) is 167 Å². The summed E-state index contributed by atoms with van der Waals surface area (Å²) >= 11 is 0. The lowest BCUT2D eigenvalue weighted by molar-refractivity contribution is 0.160. The van der Waals surface area contributed by atoms with E-state index in [9.17, 15) is 0 Å². The number of benzene rings is 6. The average Bonchev–Trinajstić information content (AvgIpc) is 4.24. The first-order valence-corrected chi connectivity index (χ1v) is 24.4. The van der Waals surface area contributed by atoms with E-state index in [1.165, 1.54) is 79.5 Å². The summed E-state index contributed by atoms with van der Waals surface area (Å²) in [5.74, 6) is 1.75. The lowest BCUT2D eigenvalue weighted by Gasteiger charge is -2.38. The van der Waals surface area contributed by atoms with Gasteiger partial charge in [-0.2, -0.15) is 0 Å². The Bertz CT molecular complexity index is 2340. The van der Waals surface area contributed by atoms with Gasteiger partial charge in [-0.25, -0.2) is 0 Å². The van der Waals surface area contributed by atoms with E-state index < -0.39 is 11.2 Å². The van der Waals surface area contributed by atoms with Crippen molar-refractivity contribution in [2.75, 3.05) is 72.0 Å². The molecule has 326 valence electrons. The van der Waals surface area contributed by atoms with Gasteiger partial charge < -0.3 is 29.1 Å². The Morgan fingerprint density at radius 2 is 0.609 bits per heavy atom. The van der Waals surface area contributed by atoms with Gasteiger partial charge in [0.2, 0.25) is 0 Å². The number of fused-ring (bicyclic) bond motifs is 5. The van der Waals surface area contributed by atoms with Gasteiger partial charge in [0.1, 0.15) is 11.5 Å². The molecule has 6 heterocycles. The zero-order valence-electron chi connectivity index (χ0n) is 37.8. The summed E-state index contributed by atoms with van der Waals surface area (Å²) in [5.41, 5.74) is 10.3. The van der Waals surface area contributed by atoms with Crippen LogP contribution in [0.1, 0.15) is 98.6 Å². The highest BCUT2D eigenvalue weighted by molar-refractivity contribution is 6.02. The van der Waals surface area contributed by atoms with Crippen molar-refractivity contribution in [3.8, 4) is 11.5 Å². The molecule has 0 spiro atoms. The van der Waals surface area contributed by atoms with Crippen molar-refractivity contribution in [2.24, 2.45) is 0 Å². The van der Waals surface area contributed by atoms with E-state index in [0.29, 0.717) is 0 Å². The first-order valence-electron chi connectivity index (χ1n) is 24.4. The second kappa shape index (κ2) is 17.1. The Morgan fingerprint density at radius 3 is 0.875 bits per heavy atom. The molecule has 6 aliphatic heterocycles. The molecule has 64 heavy (non-hydrogen) atoms. The molecule has 0 saturated carbocycles. The van der Waals surface area contributed by atoms with Gasteiger partial charge in [0.25, 0.3) is 0 Å². The van der Waals surface area contributed by atoms with Crippen LogP contribution in [0.25, 0.3) is 22.9 Å². The van der Waals surface area contributed by atoms with E-state index in [1.54, 1.807) is 0 Å². The van der Waals surface area contributed by atoms with Crippen LogP contribution >= 0.6 is 0 Å². The molecule has 0 unspecified atom stereocenters. The molecule has 4 saturated heterocycles. The van der Waals surface area contributed by atoms with Crippen LogP contribution in [0.2, 0.25) is 0 Å². The lowest BCUT2D eigenvalue weighted by atomic mass is 9.81. The Morgan fingerprint density at radius 1 is 0.344 bits per heavy atom. The molecule has 0 atom stereocenters. The Balaban J connectivity index is 0.00000225. The van der Waals surface area contributed by atoms with Crippen LogP contribution in [0.4, 0.5) is 22.7 Å². The zero-order chi connectivity index (χ0) is 43.1. The van der Waals surface area contributed by atoms with Crippen molar-refractivity contribution < 1.29 is 9.47 Å². The molecule has 4 fully saturated rings. The largest absolute Gasteiger partial charge is 0.473 e. The minimum Gasteiger partial charge on any atom is -0.473 e. The van der Waals surface area contributed by atoms with Crippen LogP contribution in [-0.2, 0) is 11.2 Å². The molecule has 12 rings (SSSR count). The van der Waals surface area contributed by atoms with E-state index in [-0.39, 0.29) is 0 Å². The second-order valence-electron chi connectivity index (χ2n) is 18.4. The summed E-state index contributed by atoms with van der Waals surface area (Å²) in [4.78, 5) is 10.0. The summed E-state index contributed by atoms with van der Waals surface area (Å²) in [5, 5.41) is 2.32. The number of ether oxygens (including phenoxy) is 2. The van der Waals surface area contributed by atoms with Crippen molar-refractivity contribution in [1.82, 2.24) is 0 Å². The Kier molecular flexibility index (Phi) is 10.9. The van der Waals surface area contributed by atoms with E-state index in [2.05, 4.69) is 165 Å². The quantitative estimate of drug-likeness (QED) is 0.152. The third kappa shape index (κ3) is 7.10. The van der Waals surface area contributed by atoms with Crippen LogP contribution in [0, 0.1) is 0 Å². The van der Waals surface area contributed by atoms with Gasteiger partial charge >= 0.3 is 0 Å².